The molecule has 0 aromatic heterocycles. The third kappa shape index (κ3) is 3.18. The Morgan fingerprint density at radius 3 is 2.17 bits per heavy atom. The first-order valence-electron chi connectivity index (χ1n) is 9.64. The zero-order valence-electron chi connectivity index (χ0n) is 17.0. The summed E-state index contributed by atoms with van der Waals surface area (Å²) in [7, 11) is 1.74. The molecule has 0 aliphatic carbocycles. The number of carbonyl (C=O) groups is 2. The minimum absolute atomic E-state index is 0.0498. The maximum Gasteiger partial charge on any atom is 0.282 e. The average molecular weight is 400 g/mol. The Morgan fingerprint density at radius 2 is 1.50 bits per heavy atom. The number of halogens is 1. The van der Waals surface area contributed by atoms with E-state index in [1.54, 1.807) is 18.0 Å². The van der Waals surface area contributed by atoms with E-state index in [4.69, 9.17) is 0 Å². The predicted molar refractivity (Wildman–Crippen MR) is 117 cm³/mol. The number of carbonyl (C=O) groups excluding carboxylic acids is 2. The molecule has 5 heteroatoms. The molecule has 30 heavy (non-hydrogen) atoms. The molecule has 1 heterocycles. The van der Waals surface area contributed by atoms with Gasteiger partial charge in [-0.3, -0.25) is 9.59 Å². The van der Waals surface area contributed by atoms with E-state index in [9.17, 15) is 14.0 Å². The van der Waals surface area contributed by atoms with Crippen LogP contribution in [0, 0.1) is 19.7 Å². The van der Waals surface area contributed by atoms with Crippen LogP contribution in [-0.2, 0) is 9.59 Å². The van der Waals surface area contributed by atoms with Gasteiger partial charge in [0, 0.05) is 12.7 Å². The van der Waals surface area contributed by atoms with E-state index in [-0.39, 0.29) is 17.0 Å². The van der Waals surface area contributed by atoms with E-state index >= 15 is 0 Å². The minimum atomic E-state index is -0.622. The average Bonchev–Trinajstić information content (AvgIpc) is 2.99. The molecule has 0 bridgehead atoms. The number of hydrogen-bond donors (Lipinski definition) is 0. The summed E-state index contributed by atoms with van der Waals surface area (Å²) < 4.78 is 14.5. The van der Waals surface area contributed by atoms with Crippen LogP contribution in [0.3, 0.4) is 0 Å². The standard InChI is InChI=1S/C25H21FN2O2/c1-16-13-14-19(17(2)15-16)22-23(27(3)18-9-5-4-6-10-18)25(30)28(24(22)29)21-12-8-7-11-20(21)26/h4-15H,1-3H3. The summed E-state index contributed by atoms with van der Waals surface area (Å²) in [4.78, 5) is 29.6. The van der Waals surface area contributed by atoms with Crippen molar-refractivity contribution < 1.29 is 14.0 Å². The van der Waals surface area contributed by atoms with Crippen LogP contribution in [0.1, 0.15) is 16.7 Å². The third-order valence-electron chi connectivity index (χ3n) is 5.28. The molecule has 4 nitrogen and oxygen atoms in total. The van der Waals surface area contributed by atoms with E-state index in [0.29, 0.717) is 5.56 Å². The van der Waals surface area contributed by atoms with Crippen molar-refractivity contribution in [1.29, 1.82) is 0 Å². The van der Waals surface area contributed by atoms with E-state index in [1.807, 2.05) is 62.4 Å². The quantitative estimate of drug-likeness (QED) is 0.587. The number of imide groups is 1. The lowest BCUT2D eigenvalue weighted by Gasteiger charge is -2.22. The SMILES string of the molecule is Cc1ccc(C2=C(N(C)c3ccccc3)C(=O)N(c3ccccc3F)C2=O)c(C)c1. The second-order valence-electron chi connectivity index (χ2n) is 7.33. The van der Waals surface area contributed by atoms with Crippen molar-refractivity contribution in [3.63, 3.8) is 0 Å². The number of anilines is 2. The molecule has 0 saturated heterocycles. The smallest absolute Gasteiger partial charge is 0.282 e. The Kier molecular flexibility index (Phi) is 4.96. The van der Waals surface area contributed by atoms with Gasteiger partial charge in [0.2, 0.25) is 0 Å². The number of nitrogens with zero attached hydrogens (tertiary/aromatic N) is 2. The van der Waals surface area contributed by atoms with Gasteiger partial charge >= 0.3 is 0 Å². The molecule has 3 aromatic rings. The highest BCUT2D eigenvalue weighted by atomic mass is 19.1. The van der Waals surface area contributed by atoms with Gasteiger partial charge in [-0.1, -0.05) is 54.1 Å². The highest BCUT2D eigenvalue weighted by Gasteiger charge is 2.43. The van der Waals surface area contributed by atoms with E-state index < -0.39 is 17.6 Å². The van der Waals surface area contributed by atoms with Gasteiger partial charge in [0.15, 0.2) is 0 Å². The van der Waals surface area contributed by atoms with Crippen molar-refractivity contribution in [3.05, 3.63) is 101 Å². The fraction of sp³-hybridized carbons (Fsp3) is 0.120. The van der Waals surface area contributed by atoms with Crippen LogP contribution in [0.5, 0.6) is 0 Å². The third-order valence-corrected chi connectivity index (χ3v) is 5.28. The van der Waals surface area contributed by atoms with Gasteiger partial charge in [0.25, 0.3) is 11.8 Å². The summed E-state index contributed by atoms with van der Waals surface area (Å²) >= 11 is 0. The molecule has 0 unspecified atom stereocenters. The second-order valence-corrected chi connectivity index (χ2v) is 7.33. The number of aryl methyl sites for hydroxylation is 2. The largest absolute Gasteiger partial charge is 0.339 e. The first-order chi connectivity index (χ1) is 14.4. The first-order valence-corrected chi connectivity index (χ1v) is 9.64. The lowest BCUT2D eigenvalue weighted by atomic mass is 9.97. The summed E-state index contributed by atoms with van der Waals surface area (Å²) in [5, 5.41) is 0. The Hall–Kier alpha value is -3.73. The number of hydrogen-bond acceptors (Lipinski definition) is 3. The highest BCUT2D eigenvalue weighted by Crippen LogP contribution is 2.37. The zero-order valence-corrected chi connectivity index (χ0v) is 17.0. The van der Waals surface area contributed by atoms with Crippen molar-refractivity contribution in [2.24, 2.45) is 0 Å². The summed E-state index contributed by atoms with van der Waals surface area (Å²) in [6.45, 7) is 3.87. The van der Waals surface area contributed by atoms with E-state index in [2.05, 4.69) is 0 Å². The van der Waals surface area contributed by atoms with Gasteiger partial charge in [0.05, 0.1) is 11.3 Å². The normalized spacial score (nSPS) is 13.9. The van der Waals surface area contributed by atoms with Crippen molar-refractivity contribution >= 4 is 28.8 Å². The predicted octanol–water partition coefficient (Wildman–Crippen LogP) is 4.86. The molecule has 0 N–H and O–H groups in total. The van der Waals surface area contributed by atoms with Crippen molar-refractivity contribution in [2.75, 3.05) is 16.8 Å². The van der Waals surface area contributed by atoms with Gasteiger partial charge in [-0.05, 0) is 49.2 Å². The fourth-order valence-electron chi connectivity index (χ4n) is 3.80. The summed E-state index contributed by atoms with van der Waals surface area (Å²) in [6.07, 6.45) is 0. The zero-order chi connectivity index (χ0) is 21.4. The van der Waals surface area contributed by atoms with Gasteiger partial charge in [-0.25, -0.2) is 9.29 Å². The molecule has 1 aliphatic rings. The maximum absolute atomic E-state index is 14.5. The Balaban J connectivity index is 1.94. The van der Waals surface area contributed by atoms with Crippen molar-refractivity contribution in [3.8, 4) is 0 Å². The van der Waals surface area contributed by atoms with Crippen LogP contribution in [0.4, 0.5) is 15.8 Å². The second kappa shape index (κ2) is 7.59. The van der Waals surface area contributed by atoms with Crippen LogP contribution in [0.15, 0.2) is 78.5 Å². The Bertz CT molecular complexity index is 1180. The lowest BCUT2D eigenvalue weighted by Crippen LogP contribution is -2.34. The first kappa shape index (κ1) is 19.6. The van der Waals surface area contributed by atoms with Crippen LogP contribution in [-0.4, -0.2) is 18.9 Å². The van der Waals surface area contributed by atoms with Crippen molar-refractivity contribution in [1.82, 2.24) is 0 Å². The van der Waals surface area contributed by atoms with Crippen molar-refractivity contribution in [2.45, 2.75) is 13.8 Å². The van der Waals surface area contributed by atoms with Gasteiger partial charge in [-0.15, -0.1) is 0 Å². The molecule has 150 valence electrons. The molecule has 0 spiro atoms. The molecule has 3 aromatic carbocycles. The van der Waals surface area contributed by atoms with Gasteiger partial charge in [-0.2, -0.15) is 0 Å². The highest BCUT2D eigenvalue weighted by molar-refractivity contribution is 6.46. The van der Waals surface area contributed by atoms with Gasteiger partial charge in [0.1, 0.15) is 11.5 Å². The molecule has 4 rings (SSSR count). The van der Waals surface area contributed by atoms with Gasteiger partial charge < -0.3 is 4.90 Å². The number of amides is 2. The van der Waals surface area contributed by atoms with E-state index in [0.717, 1.165) is 21.7 Å². The molecule has 2 amide bonds. The molecule has 0 saturated carbocycles. The number of likely N-dealkylation sites (N-methyl/N-ethyl adjacent to an activating group) is 1. The maximum atomic E-state index is 14.5. The van der Waals surface area contributed by atoms with Crippen LogP contribution < -0.4 is 9.80 Å². The van der Waals surface area contributed by atoms with Crippen LogP contribution in [0.25, 0.3) is 5.57 Å². The lowest BCUT2D eigenvalue weighted by molar-refractivity contribution is -0.120. The van der Waals surface area contributed by atoms with E-state index in [1.165, 1.54) is 18.2 Å². The topological polar surface area (TPSA) is 40.6 Å². The summed E-state index contributed by atoms with van der Waals surface area (Å²) in [5.74, 6) is -1.70. The number of rotatable bonds is 4. The number of para-hydroxylation sites is 2. The molecule has 1 aliphatic heterocycles. The fourth-order valence-corrected chi connectivity index (χ4v) is 3.80. The molecule has 0 fully saturated rings. The molecule has 0 atom stereocenters. The van der Waals surface area contributed by atoms with Crippen LogP contribution in [0.2, 0.25) is 0 Å². The summed E-state index contributed by atoms with van der Waals surface area (Å²) in [5.41, 5.74) is 3.79. The monoisotopic (exact) mass is 400 g/mol. The minimum Gasteiger partial charge on any atom is -0.339 e. The molecule has 0 radical (unpaired) electrons. The number of benzene rings is 3. The molecular formula is C25H21FN2O2. The molecular weight excluding hydrogens is 379 g/mol. The van der Waals surface area contributed by atoms with Crippen LogP contribution >= 0.6 is 0 Å². The summed E-state index contributed by atoms with van der Waals surface area (Å²) in [6, 6.07) is 20.8. The Morgan fingerprint density at radius 1 is 0.833 bits per heavy atom. The Labute approximate surface area is 174 Å².